The molecule has 0 bridgehead atoms. The van der Waals surface area contributed by atoms with Crippen LogP contribution in [-0.2, 0) is 17.9 Å². The van der Waals surface area contributed by atoms with Crippen LogP contribution in [0.1, 0.15) is 18.1 Å². The number of hydrogen-bond acceptors (Lipinski definition) is 3. The molecule has 0 aromatic heterocycles. The van der Waals surface area contributed by atoms with Crippen LogP contribution in [0.5, 0.6) is 11.5 Å². The van der Waals surface area contributed by atoms with E-state index < -0.39 is 0 Å². The Morgan fingerprint density at radius 3 is 2.40 bits per heavy atom. The van der Waals surface area contributed by atoms with Gasteiger partial charge in [-0.2, -0.15) is 0 Å². The van der Waals surface area contributed by atoms with E-state index in [1.54, 1.807) is 19.1 Å². The highest BCUT2D eigenvalue weighted by Gasteiger charge is 2.31. The summed E-state index contributed by atoms with van der Waals surface area (Å²) < 4.78 is 11.0. The second-order valence-electron chi connectivity index (χ2n) is 8.14. The molecule has 1 unspecified atom stereocenters. The number of nitrogens with zero attached hydrogens (tertiary/aromatic N) is 1. The number of nitrogens with one attached hydrogen (secondary N) is 2. The maximum Gasteiger partial charge on any atom is 0.280 e. The molecule has 0 saturated carbocycles. The Kier molecular flexibility index (Phi) is 7.71. The van der Waals surface area contributed by atoms with Crippen molar-refractivity contribution in [2.24, 2.45) is 0 Å². The van der Waals surface area contributed by atoms with Crippen LogP contribution in [-0.4, -0.2) is 64.3 Å². The van der Waals surface area contributed by atoms with Crippen LogP contribution in [0.15, 0.2) is 48.5 Å². The molecule has 30 heavy (non-hydrogen) atoms. The third-order valence-electron chi connectivity index (χ3n) is 6.14. The highest BCUT2D eigenvalue weighted by molar-refractivity contribution is 5.80. The molecule has 1 heterocycles. The van der Waals surface area contributed by atoms with E-state index in [1.165, 1.54) is 5.56 Å². The number of ether oxygens (including phenoxy) is 2. The minimum Gasteiger partial charge on any atom is -0.493 e. The number of amides is 1. The fourth-order valence-corrected chi connectivity index (χ4v) is 4.14. The lowest BCUT2D eigenvalue weighted by atomic mass is 10.1. The van der Waals surface area contributed by atoms with E-state index in [9.17, 15) is 4.79 Å². The van der Waals surface area contributed by atoms with Crippen molar-refractivity contribution in [1.29, 1.82) is 0 Å². The summed E-state index contributed by atoms with van der Waals surface area (Å²) in [6.45, 7) is 7.38. The van der Waals surface area contributed by atoms with Gasteiger partial charge in [-0.1, -0.05) is 36.4 Å². The minimum atomic E-state index is -0.114. The molecule has 0 aliphatic carbocycles. The summed E-state index contributed by atoms with van der Waals surface area (Å²) in [6, 6.07) is 16.4. The van der Waals surface area contributed by atoms with E-state index in [4.69, 9.17) is 9.47 Å². The summed E-state index contributed by atoms with van der Waals surface area (Å²) in [7, 11) is 5.37. The van der Waals surface area contributed by atoms with Gasteiger partial charge in [0.15, 0.2) is 17.5 Å². The lowest BCUT2D eigenvalue weighted by molar-refractivity contribution is -0.918. The number of methoxy groups -OCH3 is 2. The standard InChI is InChI=1S/C24H33N3O3/c1-19(25(2)18-21-11-8-12-22(29-3)23(21)30-4)24(28)27-15-13-26(14-16-27)17-20-9-6-5-7-10-20/h5-12,19H,13-18H2,1-4H3/p+2/t19-/m0/s1. The average molecular weight is 414 g/mol. The van der Waals surface area contributed by atoms with E-state index in [0.717, 1.165) is 54.7 Å². The summed E-state index contributed by atoms with van der Waals surface area (Å²) in [5, 5.41) is 0. The van der Waals surface area contributed by atoms with Crippen LogP contribution in [0.3, 0.4) is 0 Å². The molecule has 162 valence electrons. The van der Waals surface area contributed by atoms with Gasteiger partial charge in [-0.15, -0.1) is 0 Å². The molecular formula is C24H35N3O3+2. The van der Waals surface area contributed by atoms with E-state index in [0.29, 0.717) is 6.54 Å². The van der Waals surface area contributed by atoms with Crippen molar-refractivity contribution in [3.63, 3.8) is 0 Å². The van der Waals surface area contributed by atoms with Gasteiger partial charge in [0.1, 0.15) is 13.1 Å². The van der Waals surface area contributed by atoms with Gasteiger partial charge in [0.2, 0.25) is 0 Å². The number of hydrogen-bond donors (Lipinski definition) is 2. The predicted octanol–water partition coefficient (Wildman–Crippen LogP) is 0.0343. The quantitative estimate of drug-likeness (QED) is 0.642. The molecule has 2 atom stereocenters. The SMILES string of the molecule is COc1cccc(C[NH+](C)[C@@H](C)C(=O)N2CC[NH+](Cc3ccccc3)CC2)c1OC. The Morgan fingerprint density at radius 1 is 1.07 bits per heavy atom. The predicted molar refractivity (Wildman–Crippen MR) is 117 cm³/mol. The number of benzene rings is 2. The number of piperazine rings is 1. The van der Waals surface area contributed by atoms with Crippen LogP contribution in [0.4, 0.5) is 0 Å². The van der Waals surface area contributed by atoms with Crippen LogP contribution in [0, 0.1) is 0 Å². The zero-order valence-electron chi connectivity index (χ0n) is 18.6. The Labute approximate surface area is 180 Å². The Morgan fingerprint density at radius 2 is 1.77 bits per heavy atom. The molecule has 6 heteroatoms. The lowest BCUT2D eigenvalue weighted by Crippen LogP contribution is -3.14. The van der Waals surface area contributed by atoms with Crippen molar-refractivity contribution < 1.29 is 24.1 Å². The van der Waals surface area contributed by atoms with Crippen molar-refractivity contribution in [1.82, 2.24) is 4.90 Å². The number of quaternary nitrogens is 2. The summed E-state index contributed by atoms with van der Waals surface area (Å²) >= 11 is 0. The van der Waals surface area contributed by atoms with Crippen molar-refractivity contribution in [2.45, 2.75) is 26.1 Å². The molecule has 1 aliphatic heterocycles. The summed E-state index contributed by atoms with van der Waals surface area (Å²) in [6.07, 6.45) is 0. The van der Waals surface area contributed by atoms with Gasteiger partial charge in [-0.3, -0.25) is 4.79 Å². The number of likely N-dealkylation sites (N-methyl/N-ethyl adjacent to an activating group) is 1. The maximum absolute atomic E-state index is 13.1. The van der Waals surface area contributed by atoms with E-state index in [-0.39, 0.29) is 11.9 Å². The number of rotatable bonds is 8. The molecule has 2 aromatic rings. The van der Waals surface area contributed by atoms with Gasteiger partial charge in [0, 0.05) is 5.56 Å². The topological polar surface area (TPSA) is 47.7 Å². The zero-order valence-corrected chi connectivity index (χ0v) is 18.6. The summed E-state index contributed by atoms with van der Waals surface area (Å²) in [5.74, 6) is 1.70. The van der Waals surface area contributed by atoms with Gasteiger partial charge in [-0.25, -0.2) is 0 Å². The average Bonchev–Trinajstić information content (AvgIpc) is 2.79. The first kappa shape index (κ1) is 22.1. The van der Waals surface area contributed by atoms with Gasteiger partial charge in [0.05, 0.1) is 53.0 Å². The largest absolute Gasteiger partial charge is 0.493 e. The molecule has 1 fully saturated rings. The van der Waals surface area contributed by atoms with Crippen LogP contribution >= 0.6 is 0 Å². The fourth-order valence-electron chi connectivity index (χ4n) is 4.14. The highest BCUT2D eigenvalue weighted by atomic mass is 16.5. The van der Waals surface area contributed by atoms with Crippen LogP contribution < -0.4 is 19.3 Å². The highest BCUT2D eigenvalue weighted by Crippen LogP contribution is 2.30. The molecule has 2 N–H and O–H groups in total. The lowest BCUT2D eigenvalue weighted by Gasteiger charge is -2.34. The van der Waals surface area contributed by atoms with E-state index >= 15 is 0 Å². The molecule has 0 spiro atoms. The van der Waals surface area contributed by atoms with Gasteiger partial charge in [0.25, 0.3) is 5.91 Å². The summed E-state index contributed by atoms with van der Waals surface area (Å²) in [5.41, 5.74) is 2.41. The van der Waals surface area contributed by atoms with Crippen LogP contribution in [0.25, 0.3) is 0 Å². The number of para-hydroxylation sites is 1. The number of carbonyl (C=O) groups excluding carboxylic acids is 1. The molecule has 3 rings (SSSR count). The van der Waals surface area contributed by atoms with Gasteiger partial charge in [-0.05, 0) is 19.1 Å². The molecule has 1 amide bonds. The Hall–Kier alpha value is -2.57. The van der Waals surface area contributed by atoms with E-state index in [2.05, 4.69) is 37.4 Å². The molecule has 1 saturated heterocycles. The van der Waals surface area contributed by atoms with Gasteiger partial charge < -0.3 is 24.2 Å². The first-order valence-electron chi connectivity index (χ1n) is 10.7. The maximum atomic E-state index is 13.1. The third kappa shape index (κ3) is 5.32. The number of carbonyl (C=O) groups is 1. The summed E-state index contributed by atoms with van der Waals surface area (Å²) in [4.78, 5) is 17.8. The normalized spacial score (nSPS) is 16.7. The second-order valence-corrected chi connectivity index (χ2v) is 8.14. The molecule has 6 nitrogen and oxygen atoms in total. The van der Waals surface area contributed by atoms with Gasteiger partial charge >= 0.3 is 0 Å². The smallest absolute Gasteiger partial charge is 0.280 e. The first-order chi connectivity index (χ1) is 14.5. The molecule has 2 aromatic carbocycles. The molecular weight excluding hydrogens is 378 g/mol. The van der Waals surface area contributed by atoms with Crippen molar-refractivity contribution in [2.75, 3.05) is 47.4 Å². The fraction of sp³-hybridized carbons (Fsp3) is 0.458. The third-order valence-corrected chi connectivity index (χ3v) is 6.14. The monoisotopic (exact) mass is 413 g/mol. The Balaban J connectivity index is 1.54. The first-order valence-corrected chi connectivity index (χ1v) is 10.7. The molecule has 1 aliphatic rings. The second kappa shape index (κ2) is 10.5. The molecule has 0 radical (unpaired) electrons. The van der Waals surface area contributed by atoms with Crippen molar-refractivity contribution >= 4 is 5.91 Å². The Bertz CT molecular complexity index is 820. The van der Waals surface area contributed by atoms with E-state index in [1.807, 2.05) is 30.0 Å². The van der Waals surface area contributed by atoms with Crippen molar-refractivity contribution in [3.05, 3.63) is 59.7 Å². The zero-order chi connectivity index (χ0) is 21.5. The van der Waals surface area contributed by atoms with Crippen LogP contribution in [0.2, 0.25) is 0 Å². The van der Waals surface area contributed by atoms with Crippen molar-refractivity contribution in [3.8, 4) is 11.5 Å². The minimum absolute atomic E-state index is 0.114.